The van der Waals surface area contributed by atoms with E-state index in [1.165, 1.54) is 24.5 Å². The Balaban J connectivity index is 1.67. The zero-order chi connectivity index (χ0) is 30.0. The van der Waals surface area contributed by atoms with Crippen LogP contribution in [0.3, 0.4) is 0 Å². The summed E-state index contributed by atoms with van der Waals surface area (Å²) in [5, 5.41) is 0. The summed E-state index contributed by atoms with van der Waals surface area (Å²) in [5.74, 6) is -0.0498. The monoisotopic (exact) mass is 698 g/mol. The van der Waals surface area contributed by atoms with Gasteiger partial charge in [0.05, 0.1) is 35.6 Å². The van der Waals surface area contributed by atoms with Gasteiger partial charge in [-0.15, -0.1) is 0 Å². The van der Waals surface area contributed by atoms with E-state index >= 15 is 0 Å². The van der Waals surface area contributed by atoms with Crippen molar-refractivity contribution >= 4 is 46.0 Å². The first kappa shape index (κ1) is 29.7. The summed E-state index contributed by atoms with van der Waals surface area (Å²) in [6.07, 6.45) is 1.72. The van der Waals surface area contributed by atoms with Gasteiger partial charge < -0.3 is 14.2 Å². The molecule has 0 amide bonds. The second-order valence-corrected chi connectivity index (χ2v) is 11.9. The molecule has 0 spiro atoms. The normalized spacial score (nSPS) is 14.8. The van der Waals surface area contributed by atoms with E-state index in [0.717, 1.165) is 14.7 Å². The molecular formula is C32H28FIN2O5S. The molecular weight excluding hydrogens is 670 g/mol. The highest BCUT2D eigenvalue weighted by molar-refractivity contribution is 14.1. The maximum atomic E-state index is 14.3. The number of allylic oxidation sites excluding steroid dienone is 1. The molecule has 1 aliphatic rings. The maximum absolute atomic E-state index is 14.3. The third-order valence-corrected chi connectivity index (χ3v) is 8.40. The Labute approximate surface area is 259 Å². The van der Waals surface area contributed by atoms with Crippen LogP contribution in [-0.2, 0) is 16.1 Å². The van der Waals surface area contributed by atoms with Crippen molar-refractivity contribution < 1.29 is 23.4 Å². The molecule has 5 rings (SSSR count). The average Bonchev–Trinajstić information content (AvgIpc) is 3.26. The number of ether oxygens (including phenoxy) is 3. The summed E-state index contributed by atoms with van der Waals surface area (Å²) in [6, 6.07) is 17.1. The highest BCUT2D eigenvalue weighted by Crippen LogP contribution is 2.35. The molecule has 0 radical (unpaired) electrons. The van der Waals surface area contributed by atoms with Crippen LogP contribution in [-0.4, -0.2) is 24.3 Å². The molecule has 0 fully saturated rings. The standard InChI is InChI=1S/C32H28FIN2O5S/c1-5-40-31(38)27-19(3)35-32-36(28(27)20-12-10-18(2)11-13-20)30(37)26(42-32)15-22-14-23(34)16-25(39-4)29(22)41-17-21-8-6-7-9-24(21)33/h6-16,28H,5,17H2,1-4H3/b26-15-/t28-/m0/s1. The third kappa shape index (κ3) is 5.91. The number of thiazole rings is 1. The summed E-state index contributed by atoms with van der Waals surface area (Å²) >= 11 is 3.38. The van der Waals surface area contributed by atoms with Gasteiger partial charge in [0.15, 0.2) is 16.3 Å². The molecule has 0 bridgehead atoms. The molecule has 10 heteroatoms. The first-order chi connectivity index (χ1) is 20.2. The number of methoxy groups -OCH3 is 1. The van der Waals surface area contributed by atoms with Crippen molar-refractivity contribution in [2.24, 2.45) is 4.99 Å². The molecule has 0 N–H and O–H groups in total. The van der Waals surface area contributed by atoms with Gasteiger partial charge >= 0.3 is 5.97 Å². The highest BCUT2D eigenvalue weighted by atomic mass is 127. The number of carbonyl (C=O) groups is 1. The summed E-state index contributed by atoms with van der Waals surface area (Å²) in [5.41, 5.74) is 3.32. The number of aryl methyl sites for hydroxylation is 1. The molecule has 3 aromatic carbocycles. The zero-order valence-corrected chi connectivity index (χ0v) is 26.4. The molecule has 0 unspecified atom stereocenters. The Morgan fingerprint density at radius 1 is 1.14 bits per heavy atom. The first-order valence-electron chi connectivity index (χ1n) is 13.2. The van der Waals surface area contributed by atoms with Crippen molar-refractivity contribution in [3.63, 3.8) is 0 Å². The second-order valence-electron chi connectivity index (χ2n) is 9.62. The van der Waals surface area contributed by atoms with Gasteiger partial charge in [-0.25, -0.2) is 14.2 Å². The lowest BCUT2D eigenvalue weighted by Crippen LogP contribution is -2.39. The fourth-order valence-electron chi connectivity index (χ4n) is 4.76. The van der Waals surface area contributed by atoms with E-state index in [-0.39, 0.29) is 24.6 Å². The molecule has 42 heavy (non-hydrogen) atoms. The van der Waals surface area contributed by atoms with Gasteiger partial charge in [0.2, 0.25) is 0 Å². The highest BCUT2D eigenvalue weighted by Gasteiger charge is 2.33. The third-order valence-electron chi connectivity index (χ3n) is 6.79. The minimum atomic E-state index is -0.703. The largest absolute Gasteiger partial charge is 0.493 e. The Morgan fingerprint density at radius 3 is 2.57 bits per heavy atom. The number of fused-ring (bicyclic) bond motifs is 1. The van der Waals surface area contributed by atoms with E-state index < -0.39 is 12.0 Å². The van der Waals surface area contributed by atoms with Crippen LogP contribution in [0.1, 0.15) is 42.1 Å². The summed E-state index contributed by atoms with van der Waals surface area (Å²) < 4.78 is 34.2. The van der Waals surface area contributed by atoms with E-state index in [0.29, 0.717) is 43.2 Å². The van der Waals surface area contributed by atoms with Gasteiger partial charge in [0, 0.05) is 14.7 Å². The maximum Gasteiger partial charge on any atom is 0.338 e. The first-order valence-corrected chi connectivity index (χ1v) is 15.1. The number of aromatic nitrogens is 1. The number of hydrogen-bond acceptors (Lipinski definition) is 7. The summed E-state index contributed by atoms with van der Waals surface area (Å²) in [4.78, 5) is 32.3. The molecule has 0 aliphatic carbocycles. The van der Waals surface area contributed by atoms with Crippen molar-refractivity contribution in [2.45, 2.75) is 33.4 Å². The lowest BCUT2D eigenvalue weighted by molar-refractivity contribution is -0.139. The van der Waals surface area contributed by atoms with Crippen LogP contribution in [0.2, 0.25) is 0 Å². The van der Waals surface area contributed by atoms with Crippen LogP contribution >= 0.6 is 33.9 Å². The molecule has 2 heterocycles. The van der Waals surface area contributed by atoms with Gasteiger partial charge in [-0.05, 0) is 73.2 Å². The molecule has 1 atom stereocenters. The van der Waals surface area contributed by atoms with E-state index in [9.17, 15) is 14.0 Å². The quantitative estimate of drug-likeness (QED) is 0.181. The van der Waals surface area contributed by atoms with Crippen molar-refractivity contribution in [3.8, 4) is 11.5 Å². The van der Waals surface area contributed by atoms with Gasteiger partial charge in [-0.2, -0.15) is 0 Å². The summed E-state index contributed by atoms with van der Waals surface area (Å²) in [7, 11) is 1.53. The Kier molecular flexibility index (Phi) is 8.93. The molecule has 1 aromatic heterocycles. The second kappa shape index (κ2) is 12.6. The fraction of sp³-hybridized carbons (Fsp3) is 0.219. The molecule has 7 nitrogen and oxygen atoms in total. The average molecular weight is 699 g/mol. The van der Waals surface area contributed by atoms with Crippen molar-refractivity contribution in [1.82, 2.24) is 4.57 Å². The van der Waals surface area contributed by atoms with Crippen LogP contribution in [0.4, 0.5) is 4.39 Å². The summed E-state index contributed by atoms with van der Waals surface area (Å²) in [6.45, 7) is 5.64. The molecule has 0 saturated carbocycles. The van der Waals surface area contributed by atoms with Gasteiger partial charge in [0.1, 0.15) is 12.4 Å². The van der Waals surface area contributed by atoms with E-state index in [1.54, 1.807) is 42.7 Å². The number of esters is 1. The number of hydrogen-bond donors (Lipinski definition) is 0. The SMILES string of the molecule is CCOC(=O)C1=C(C)N=c2s/c(=C\c3cc(I)cc(OC)c3OCc3ccccc3F)c(=O)n2[C@H]1c1ccc(C)cc1. The minimum absolute atomic E-state index is 0.0266. The number of nitrogens with zero attached hydrogens (tertiary/aromatic N) is 2. The number of rotatable bonds is 8. The Bertz CT molecular complexity index is 1880. The lowest BCUT2D eigenvalue weighted by Gasteiger charge is -2.24. The van der Waals surface area contributed by atoms with Gasteiger partial charge in [-0.3, -0.25) is 9.36 Å². The number of halogens is 2. The van der Waals surface area contributed by atoms with E-state index in [2.05, 4.69) is 27.6 Å². The smallest absolute Gasteiger partial charge is 0.338 e. The van der Waals surface area contributed by atoms with Crippen molar-refractivity contribution in [1.29, 1.82) is 0 Å². The van der Waals surface area contributed by atoms with Crippen LogP contribution in [0.15, 0.2) is 81.7 Å². The number of benzene rings is 3. The Morgan fingerprint density at radius 2 is 1.88 bits per heavy atom. The van der Waals surface area contributed by atoms with E-state index in [4.69, 9.17) is 14.2 Å². The fourth-order valence-corrected chi connectivity index (χ4v) is 6.42. The molecule has 4 aromatic rings. The number of carbonyl (C=O) groups excluding carboxylic acids is 1. The van der Waals surface area contributed by atoms with Gasteiger partial charge in [0.25, 0.3) is 5.56 Å². The van der Waals surface area contributed by atoms with Crippen molar-refractivity contribution in [3.05, 3.63) is 123 Å². The van der Waals surface area contributed by atoms with Crippen LogP contribution in [0.25, 0.3) is 6.08 Å². The minimum Gasteiger partial charge on any atom is -0.493 e. The Hall–Kier alpha value is -3.77. The molecule has 1 aliphatic heterocycles. The zero-order valence-electron chi connectivity index (χ0n) is 23.4. The van der Waals surface area contributed by atoms with Gasteiger partial charge in [-0.1, -0.05) is 59.4 Å². The molecule has 0 saturated heterocycles. The lowest BCUT2D eigenvalue weighted by atomic mass is 9.95. The predicted molar refractivity (Wildman–Crippen MR) is 168 cm³/mol. The van der Waals surface area contributed by atoms with Crippen LogP contribution in [0, 0.1) is 16.3 Å². The molecule has 216 valence electrons. The predicted octanol–water partition coefficient (Wildman–Crippen LogP) is 5.44. The van der Waals surface area contributed by atoms with Crippen LogP contribution in [0.5, 0.6) is 11.5 Å². The van der Waals surface area contributed by atoms with Crippen molar-refractivity contribution in [2.75, 3.05) is 13.7 Å². The van der Waals surface area contributed by atoms with E-state index in [1.807, 2.05) is 43.3 Å². The topological polar surface area (TPSA) is 79.1 Å². The van der Waals surface area contributed by atoms with Crippen LogP contribution < -0.4 is 24.4 Å².